The van der Waals surface area contributed by atoms with Gasteiger partial charge in [-0.2, -0.15) is 0 Å². The van der Waals surface area contributed by atoms with Gasteiger partial charge in [-0.1, -0.05) is 30.1 Å². The van der Waals surface area contributed by atoms with E-state index in [-0.39, 0.29) is 5.91 Å². The van der Waals surface area contributed by atoms with Crippen LogP contribution in [0, 0.1) is 0 Å². The number of nitrogens with zero attached hydrogens (tertiary/aromatic N) is 2. The van der Waals surface area contributed by atoms with Gasteiger partial charge in [0.1, 0.15) is 5.82 Å². The van der Waals surface area contributed by atoms with E-state index >= 15 is 0 Å². The Morgan fingerprint density at radius 1 is 1.22 bits per heavy atom. The third kappa shape index (κ3) is 3.05. The van der Waals surface area contributed by atoms with Crippen LogP contribution in [0.2, 0.25) is 10.0 Å². The minimum Gasteiger partial charge on any atom is -0.331 e. The van der Waals surface area contributed by atoms with E-state index in [1.165, 1.54) is 0 Å². The van der Waals surface area contributed by atoms with Gasteiger partial charge in [-0.25, -0.2) is 4.98 Å². The molecule has 0 fully saturated rings. The highest BCUT2D eigenvalue weighted by Gasteiger charge is 2.12. The minimum atomic E-state index is -0.236. The average Bonchev–Trinajstić information content (AvgIpc) is 2.85. The summed E-state index contributed by atoms with van der Waals surface area (Å²) in [5.41, 5.74) is 2.86. The number of rotatable bonds is 3. The van der Waals surface area contributed by atoms with Crippen LogP contribution in [-0.2, 0) is 13.5 Å². The highest BCUT2D eigenvalue weighted by molar-refractivity contribution is 6.36. The molecule has 0 bridgehead atoms. The first-order valence-corrected chi connectivity index (χ1v) is 7.97. The van der Waals surface area contributed by atoms with Gasteiger partial charge >= 0.3 is 0 Å². The number of amides is 1. The SMILES string of the molecule is CCc1nc2cc(C(=O)Nc3ccc(Cl)cc3Cl)ccc2n1C. The van der Waals surface area contributed by atoms with Crippen LogP contribution in [0.5, 0.6) is 0 Å². The van der Waals surface area contributed by atoms with Gasteiger partial charge in [-0.15, -0.1) is 0 Å². The van der Waals surface area contributed by atoms with E-state index in [0.717, 1.165) is 23.3 Å². The molecule has 1 amide bonds. The largest absolute Gasteiger partial charge is 0.331 e. The highest BCUT2D eigenvalue weighted by Crippen LogP contribution is 2.26. The minimum absolute atomic E-state index is 0.236. The van der Waals surface area contributed by atoms with Crippen LogP contribution in [0.15, 0.2) is 36.4 Å². The maximum absolute atomic E-state index is 12.4. The number of hydrogen-bond acceptors (Lipinski definition) is 2. The number of fused-ring (bicyclic) bond motifs is 1. The predicted octanol–water partition coefficient (Wildman–Crippen LogP) is 4.69. The Hall–Kier alpha value is -2.04. The smallest absolute Gasteiger partial charge is 0.255 e. The Bertz CT molecular complexity index is 902. The maximum atomic E-state index is 12.4. The predicted molar refractivity (Wildman–Crippen MR) is 94.5 cm³/mol. The highest BCUT2D eigenvalue weighted by atomic mass is 35.5. The number of benzene rings is 2. The van der Waals surface area contributed by atoms with Crippen LogP contribution >= 0.6 is 23.2 Å². The molecule has 0 atom stereocenters. The molecule has 0 saturated carbocycles. The fraction of sp³-hybridized carbons (Fsp3) is 0.176. The van der Waals surface area contributed by atoms with Crippen molar-refractivity contribution in [3.05, 3.63) is 57.8 Å². The Morgan fingerprint density at radius 2 is 2.00 bits per heavy atom. The van der Waals surface area contributed by atoms with Crippen molar-refractivity contribution in [2.24, 2.45) is 7.05 Å². The van der Waals surface area contributed by atoms with E-state index in [2.05, 4.69) is 17.2 Å². The fourth-order valence-electron chi connectivity index (χ4n) is 2.49. The molecule has 23 heavy (non-hydrogen) atoms. The first-order valence-electron chi connectivity index (χ1n) is 7.21. The van der Waals surface area contributed by atoms with Crippen molar-refractivity contribution in [3.8, 4) is 0 Å². The molecule has 2 aromatic carbocycles. The van der Waals surface area contributed by atoms with E-state index in [0.29, 0.717) is 21.3 Å². The summed E-state index contributed by atoms with van der Waals surface area (Å²) in [6.45, 7) is 2.05. The number of imidazole rings is 1. The van der Waals surface area contributed by atoms with Gasteiger partial charge in [0.25, 0.3) is 5.91 Å². The van der Waals surface area contributed by atoms with Gasteiger partial charge < -0.3 is 9.88 Å². The molecular formula is C17H15Cl2N3O. The summed E-state index contributed by atoms with van der Waals surface area (Å²) in [7, 11) is 1.97. The van der Waals surface area contributed by atoms with E-state index < -0.39 is 0 Å². The maximum Gasteiger partial charge on any atom is 0.255 e. The van der Waals surface area contributed by atoms with Crippen molar-refractivity contribution >= 4 is 45.8 Å². The van der Waals surface area contributed by atoms with Gasteiger partial charge in [0.05, 0.1) is 21.7 Å². The summed E-state index contributed by atoms with van der Waals surface area (Å²) < 4.78 is 2.03. The van der Waals surface area contributed by atoms with Crippen molar-refractivity contribution in [2.75, 3.05) is 5.32 Å². The number of aryl methyl sites for hydroxylation is 2. The molecule has 0 aliphatic heterocycles. The van der Waals surface area contributed by atoms with E-state index in [1.807, 2.05) is 17.7 Å². The molecule has 6 heteroatoms. The molecule has 118 valence electrons. The molecule has 1 heterocycles. The number of halogens is 2. The van der Waals surface area contributed by atoms with Gasteiger partial charge in [0.15, 0.2) is 0 Å². The molecule has 0 aliphatic rings. The van der Waals surface area contributed by atoms with Crippen LogP contribution in [0.25, 0.3) is 11.0 Å². The Morgan fingerprint density at radius 3 is 2.70 bits per heavy atom. The molecule has 0 unspecified atom stereocenters. The lowest BCUT2D eigenvalue weighted by molar-refractivity contribution is 0.102. The third-order valence-electron chi connectivity index (χ3n) is 3.73. The number of nitrogens with one attached hydrogen (secondary N) is 1. The first kappa shape index (κ1) is 15.8. The van der Waals surface area contributed by atoms with Crippen molar-refractivity contribution in [1.29, 1.82) is 0 Å². The van der Waals surface area contributed by atoms with Crippen molar-refractivity contribution in [3.63, 3.8) is 0 Å². The topological polar surface area (TPSA) is 46.9 Å². The molecule has 0 aliphatic carbocycles. The molecule has 0 radical (unpaired) electrons. The lowest BCUT2D eigenvalue weighted by atomic mass is 10.2. The third-order valence-corrected chi connectivity index (χ3v) is 4.28. The molecule has 4 nitrogen and oxygen atoms in total. The second-order valence-corrected chi connectivity index (χ2v) is 6.07. The van der Waals surface area contributed by atoms with E-state index in [9.17, 15) is 4.79 Å². The molecule has 0 saturated heterocycles. The van der Waals surface area contributed by atoms with Gasteiger partial charge in [-0.05, 0) is 36.4 Å². The fourth-order valence-corrected chi connectivity index (χ4v) is 2.95. The van der Waals surface area contributed by atoms with Crippen LogP contribution in [0.4, 0.5) is 5.69 Å². The van der Waals surface area contributed by atoms with E-state index in [1.54, 1.807) is 30.3 Å². The first-order chi connectivity index (χ1) is 11.0. The normalized spacial score (nSPS) is 11.0. The summed E-state index contributed by atoms with van der Waals surface area (Å²) in [4.78, 5) is 17.0. The standard InChI is InChI=1S/C17H15Cl2N3O/c1-3-16-20-14-8-10(4-7-15(14)22(16)2)17(23)21-13-6-5-11(18)9-12(13)19/h4-9H,3H2,1-2H3,(H,21,23). The number of carbonyl (C=O) groups excluding carboxylic acids is 1. The quantitative estimate of drug-likeness (QED) is 0.746. The summed E-state index contributed by atoms with van der Waals surface area (Å²) in [6.07, 6.45) is 0.840. The van der Waals surface area contributed by atoms with Crippen molar-refractivity contribution in [2.45, 2.75) is 13.3 Å². The summed E-state index contributed by atoms with van der Waals surface area (Å²) in [5.74, 6) is 0.748. The number of aromatic nitrogens is 2. The van der Waals surface area contributed by atoms with E-state index in [4.69, 9.17) is 23.2 Å². The van der Waals surface area contributed by atoms with Gasteiger partial charge in [-0.3, -0.25) is 4.79 Å². The monoisotopic (exact) mass is 347 g/mol. The Labute approximate surface area is 144 Å². The van der Waals surface area contributed by atoms with Crippen LogP contribution in [0.1, 0.15) is 23.1 Å². The second kappa shape index (κ2) is 6.22. The molecular weight excluding hydrogens is 333 g/mol. The summed E-state index contributed by atoms with van der Waals surface area (Å²) in [6, 6.07) is 10.4. The number of hydrogen-bond donors (Lipinski definition) is 1. The zero-order valence-corrected chi connectivity index (χ0v) is 14.2. The van der Waals surface area contributed by atoms with Gasteiger partial charge in [0, 0.05) is 24.1 Å². The number of anilines is 1. The zero-order valence-electron chi connectivity index (χ0n) is 12.7. The van der Waals surface area contributed by atoms with Crippen LogP contribution in [-0.4, -0.2) is 15.5 Å². The van der Waals surface area contributed by atoms with Gasteiger partial charge in [0.2, 0.25) is 0 Å². The average molecular weight is 348 g/mol. The van der Waals surface area contributed by atoms with Crippen LogP contribution < -0.4 is 5.32 Å². The Balaban J connectivity index is 1.91. The van der Waals surface area contributed by atoms with Crippen molar-refractivity contribution < 1.29 is 4.79 Å². The molecule has 3 aromatic rings. The summed E-state index contributed by atoms with van der Waals surface area (Å²) >= 11 is 11.9. The molecule has 0 spiro atoms. The molecule has 3 rings (SSSR count). The van der Waals surface area contributed by atoms with Crippen LogP contribution in [0.3, 0.4) is 0 Å². The lowest BCUT2D eigenvalue weighted by Gasteiger charge is -2.07. The summed E-state index contributed by atoms with van der Waals surface area (Å²) in [5, 5.41) is 3.71. The second-order valence-electron chi connectivity index (χ2n) is 5.22. The Kier molecular flexibility index (Phi) is 4.28. The lowest BCUT2D eigenvalue weighted by Crippen LogP contribution is -2.12. The van der Waals surface area contributed by atoms with Crippen molar-refractivity contribution in [1.82, 2.24) is 9.55 Å². The molecule has 1 N–H and O–H groups in total. The molecule has 1 aromatic heterocycles. The number of carbonyl (C=O) groups is 1. The zero-order chi connectivity index (χ0) is 16.6.